The fourth-order valence-electron chi connectivity index (χ4n) is 1.21. The second-order valence-electron chi connectivity index (χ2n) is 3.05. The van der Waals surface area contributed by atoms with Crippen LogP contribution in [-0.2, 0) is 11.3 Å². The molecule has 0 spiro atoms. The Morgan fingerprint density at radius 3 is 2.86 bits per heavy atom. The maximum atomic E-state index is 5.07. The van der Waals surface area contributed by atoms with Crippen LogP contribution in [0.15, 0.2) is 15.9 Å². The van der Waals surface area contributed by atoms with Crippen LogP contribution in [0.1, 0.15) is 11.8 Å². The minimum Gasteiger partial charge on any atom is -0.383 e. The molecule has 0 radical (unpaired) electrons. The zero-order valence-corrected chi connectivity index (χ0v) is 11.0. The fraction of sp³-hybridized carbons (Fsp3) is 0.600. The first-order valence-electron chi connectivity index (χ1n) is 4.71. The Balaban J connectivity index is 2.44. The van der Waals surface area contributed by atoms with Crippen LogP contribution in [0.4, 0.5) is 0 Å². The average molecular weight is 278 g/mol. The lowest BCUT2D eigenvalue weighted by molar-refractivity contribution is 0.148. The van der Waals surface area contributed by atoms with Crippen LogP contribution in [0.25, 0.3) is 0 Å². The van der Waals surface area contributed by atoms with E-state index in [1.165, 1.54) is 9.35 Å². The topological polar surface area (TPSA) is 12.5 Å². The number of nitrogens with zero attached hydrogens (tertiary/aromatic N) is 1. The van der Waals surface area contributed by atoms with Gasteiger partial charge in [-0.15, -0.1) is 11.3 Å². The van der Waals surface area contributed by atoms with E-state index in [4.69, 9.17) is 4.74 Å². The van der Waals surface area contributed by atoms with E-state index in [9.17, 15) is 0 Å². The van der Waals surface area contributed by atoms with Gasteiger partial charge in [-0.05, 0) is 33.9 Å². The van der Waals surface area contributed by atoms with Gasteiger partial charge in [0, 0.05) is 29.5 Å². The highest BCUT2D eigenvalue weighted by atomic mass is 79.9. The minimum atomic E-state index is 0.802. The molecule has 0 aliphatic carbocycles. The molecule has 0 N–H and O–H groups in total. The van der Waals surface area contributed by atoms with Crippen LogP contribution in [0, 0.1) is 0 Å². The molecule has 0 aromatic carbocycles. The summed E-state index contributed by atoms with van der Waals surface area (Å²) in [6.45, 7) is 6.05. The highest BCUT2D eigenvalue weighted by Gasteiger charge is 2.07. The maximum absolute atomic E-state index is 5.07. The van der Waals surface area contributed by atoms with Gasteiger partial charge >= 0.3 is 0 Å². The molecule has 1 heterocycles. The normalized spacial score (nSPS) is 11.1. The predicted molar refractivity (Wildman–Crippen MR) is 64.8 cm³/mol. The third-order valence-corrected chi connectivity index (χ3v) is 4.03. The average Bonchev–Trinajstić information content (AvgIpc) is 2.59. The van der Waals surface area contributed by atoms with E-state index in [1.54, 1.807) is 18.4 Å². The Hall–Kier alpha value is 0.100. The van der Waals surface area contributed by atoms with E-state index >= 15 is 0 Å². The van der Waals surface area contributed by atoms with E-state index in [1.807, 2.05) is 0 Å². The summed E-state index contributed by atoms with van der Waals surface area (Å²) in [6, 6.07) is 2.10. The van der Waals surface area contributed by atoms with Crippen molar-refractivity contribution < 1.29 is 4.74 Å². The number of likely N-dealkylation sites (N-methyl/N-ethyl adjacent to an activating group) is 1. The first kappa shape index (κ1) is 12.2. The van der Waals surface area contributed by atoms with Crippen molar-refractivity contribution >= 4 is 27.3 Å². The van der Waals surface area contributed by atoms with Crippen molar-refractivity contribution in [2.45, 2.75) is 13.5 Å². The van der Waals surface area contributed by atoms with Gasteiger partial charge in [0.2, 0.25) is 0 Å². The number of halogens is 1. The number of hydrogen-bond acceptors (Lipinski definition) is 3. The monoisotopic (exact) mass is 277 g/mol. The van der Waals surface area contributed by atoms with Gasteiger partial charge in [-0.2, -0.15) is 0 Å². The number of methoxy groups -OCH3 is 1. The molecule has 0 atom stereocenters. The molecular weight excluding hydrogens is 262 g/mol. The summed E-state index contributed by atoms with van der Waals surface area (Å²) in [4.78, 5) is 3.77. The summed E-state index contributed by atoms with van der Waals surface area (Å²) in [5.74, 6) is 0. The van der Waals surface area contributed by atoms with Crippen molar-refractivity contribution in [3.8, 4) is 0 Å². The molecule has 2 nitrogen and oxygen atoms in total. The van der Waals surface area contributed by atoms with E-state index in [2.05, 4.69) is 39.2 Å². The largest absolute Gasteiger partial charge is 0.383 e. The van der Waals surface area contributed by atoms with Crippen LogP contribution in [0.2, 0.25) is 0 Å². The van der Waals surface area contributed by atoms with Gasteiger partial charge in [0.05, 0.1) is 6.61 Å². The zero-order chi connectivity index (χ0) is 10.4. The third kappa shape index (κ3) is 3.69. The summed E-state index contributed by atoms with van der Waals surface area (Å²) < 4.78 is 6.29. The van der Waals surface area contributed by atoms with Crippen LogP contribution in [0.5, 0.6) is 0 Å². The maximum Gasteiger partial charge on any atom is 0.0589 e. The molecule has 0 aliphatic heterocycles. The van der Waals surface area contributed by atoms with Crippen molar-refractivity contribution in [3.05, 3.63) is 20.8 Å². The van der Waals surface area contributed by atoms with Crippen molar-refractivity contribution in [2.24, 2.45) is 0 Å². The molecule has 14 heavy (non-hydrogen) atoms. The molecule has 0 aliphatic rings. The Kier molecular flexibility index (Phi) is 5.70. The van der Waals surface area contributed by atoms with E-state index in [-0.39, 0.29) is 0 Å². The summed E-state index contributed by atoms with van der Waals surface area (Å²) in [7, 11) is 1.74. The molecule has 0 saturated heterocycles. The summed E-state index contributed by atoms with van der Waals surface area (Å²) >= 11 is 5.34. The molecule has 1 aromatic heterocycles. The molecule has 1 aromatic rings. The minimum absolute atomic E-state index is 0.802. The van der Waals surface area contributed by atoms with Crippen molar-refractivity contribution in [3.63, 3.8) is 0 Å². The van der Waals surface area contributed by atoms with Crippen molar-refractivity contribution in [1.82, 2.24) is 4.90 Å². The number of thiophene rings is 1. The first-order valence-corrected chi connectivity index (χ1v) is 6.38. The third-order valence-electron chi connectivity index (χ3n) is 2.12. The Bertz CT molecular complexity index is 264. The van der Waals surface area contributed by atoms with Gasteiger partial charge in [-0.3, -0.25) is 4.90 Å². The lowest BCUT2D eigenvalue weighted by Gasteiger charge is -2.19. The smallest absolute Gasteiger partial charge is 0.0589 e. The highest BCUT2D eigenvalue weighted by molar-refractivity contribution is 9.10. The molecule has 1 rings (SSSR count). The van der Waals surface area contributed by atoms with Crippen molar-refractivity contribution in [2.75, 3.05) is 26.8 Å². The van der Waals surface area contributed by atoms with E-state index < -0.39 is 0 Å². The molecule has 0 fully saturated rings. The standard InChI is InChI=1S/C10H16BrNOS/c1-3-12(5-6-13-2)8-10-9(11)4-7-14-10/h4,7H,3,5-6,8H2,1-2H3. The van der Waals surface area contributed by atoms with Gasteiger partial charge in [0.1, 0.15) is 0 Å². The van der Waals surface area contributed by atoms with Gasteiger partial charge in [0.25, 0.3) is 0 Å². The van der Waals surface area contributed by atoms with E-state index in [0.717, 1.165) is 26.2 Å². The van der Waals surface area contributed by atoms with Gasteiger partial charge < -0.3 is 4.74 Å². The SMILES string of the molecule is CCN(CCOC)Cc1sccc1Br. The van der Waals surface area contributed by atoms with Crippen LogP contribution >= 0.6 is 27.3 Å². The fourth-order valence-corrected chi connectivity index (χ4v) is 2.73. The molecular formula is C10H16BrNOS. The molecule has 4 heteroatoms. The summed E-state index contributed by atoms with van der Waals surface area (Å²) in [5.41, 5.74) is 0. The second kappa shape index (κ2) is 6.56. The first-order chi connectivity index (χ1) is 6.77. The van der Waals surface area contributed by atoms with Crippen LogP contribution < -0.4 is 0 Å². The Labute approximate surface area is 98.0 Å². The van der Waals surface area contributed by atoms with E-state index in [0.29, 0.717) is 0 Å². The lowest BCUT2D eigenvalue weighted by Crippen LogP contribution is -2.26. The van der Waals surface area contributed by atoms with Crippen LogP contribution in [-0.4, -0.2) is 31.7 Å². The van der Waals surface area contributed by atoms with Gasteiger partial charge in [-0.25, -0.2) is 0 Å². The molecule has 0 unspecified atom stereocenters. The second-order valence-corrected chi connectivity index (χ2v) is 4.91. The number of hydrogen-bond donors (Lipinski definition) is 0. The molecule has 0 bridgehead atoms. The van der Waals surface area contributed by atoms with Crippen molar-refractivity contribution in [1.29, 1.82) is 0 Å². The number of rotatable bonds is 6. The predicted octanol–water partition coefficient (Wildman–Crippen LogP) is 2.98. The summed E-state index contributed by atoms with van der Waals surface area (Å²) in [5, 5.41) is 2.11. The molecule has 0 amide bonds. The quantitative estimate of drug-likeness (QED) is 0.793. The van der Waals surface area contributed by atoms with Gasteiger partial charge in [-0.1, -0.05) is 6.92 Å². The van der Waals surface area contributed by atoms with Crippen LogP contribution in [0.3, 0.4) is 0 Å². The summed E-state index contributed by atoms with van der Waals surface area (Å²) in [6.07, 6.45) is 0. The Morgan fingerprint density at radius 2 is 2.36 bits per heavy atom. The highest BCUT2D eigenvalue weighted by Crippen LogP contribution is 2.23. The van der Waals surface area contributed by atoms with Gasteiger partial charge in [0.15, 0.2) is 0 Å². The lowest BCUT2D eigenvalue weighted by atomic mass is 10.4. The number of ether oxygens (including phenoxy) is 1. The molecule has 80 valence electrons. The molecule has 0 saturated carbocycles. The Morgan fingerprint density at radius 1 is 1.57 bits per heavy atom. The zero-order valence-electron chi connectivity index (χ0n) is 8.62.